The number of aromatic nitrogens is 2. The van der Waals surface area contributed by atoms with Gasteiger partial charge in [-0.05, 0) is 37.7 Å². The van der Waals surface area contributed by atoms with Crippen LogP contribution in [0.4, 0.5) is 0 Å². The van der Waals surface area contributed by atoms with Gasteiger partial charge in [-0.1, -0.05) is 0 Å². The van der Waals surface area contributed by atoms with Crippen LogP contribution in [-0.2, 0) is 22.7 Å². The Labute approximate surface area is 151 Å². The van der Waals surface area contributed by atoms with Crippen LogP contribution in [0.25, 0.3) is 0 Å². The fourth-order valence-corrected chi connectivity index (χ4v) is 3.56. The number of methoxy groups -OCH3 is 2. The van der Waals surface area contributed by atoms with Crippen LogP contribution < -0.4 is 0 Å². The molecule has 7 heteroatoms. The van der Waals surface area contributed by atoms with Crippen LogP contribution in [0.1, 0.15) is 33.6 Å². The molecule has 0 atom stereocenters. The van der Waals surface area contributed by atoms with E-state index in [1.54, 1.807) is 14.2 Å². The monoisotopic (exact) mass is 354 g/mol. The highest BCUT2D eigenvalue weighted by molar-refractivity contribution is 7.99. The normalized spacial score (nSPS) is 10.3. The van der Waals surface area contributed by atoms with Crippen LogP contribution in [0.15, 0.2) is 22.2 Å². The summed E-state index contributed by atoms with van der Waals surface area (Å²) in [6.07, 6.45) is 0. The van der Waals surface area contributed by atoms with E-state index in [-0.39, 0.29) is 0 Å². The maximum absolute atomic E-state index is 9.55. The molecule has 2 aromatic heterocycles. The Balaban J connectivity index is 2.57. The summed E-state index contributed by atoms with van der Waals surface area (Å²) in [6, 6.07) is 8.04. The predicted octanol–water partition coefficient (Wildman–Crippen LogP) is 3.28. The van der Waals surface area contributed by atoms with E-state index in [4.69, 9.17) is 9.47 Å². The lowest BCUT2D eigenvalue weighted by molar-refractivity contribution is 0.184. The molecule has 0 amide bonds. The molecule has 2 rings (SSSR count). The lowest BCUT2D eigenvalue weighted by atomic mass is 10.1. The molecule has 0 fully saturated rings. The summed E-state index contributed by atoms with van der Waals surface area (Å²) in [6.45, 7) is 4.35. The minimum Gasteiger partial charge on any atom is -0.380 e. The van der Waals surface area contributed by atoms with Gasteiger partial charge in [-0.2, -0.15) is 10.5 Å². The number of hydrogen-bond acceptors (Lipinski definition) is 7. The molecule has 0 bridgehead atoms. The fraction of sp³-hybridized carbons (Fsp3) is 0.333. The molecular weight excluding hydrogens is 336 g/mol. The Morgan fingerprint density at radius 1 is 0.880 bits per heavy atom. The molecular formula is C18H18N4O2S. The second kappa shape index (κ2) is 8.59. The highest BCUT2D eigenvalue weighted by Gasteiger charge is 2.18. The first-order chi connectivity index (χ1) is 12.0. The molecule has 25 heavy (non-hydrogen) atoms. The van der Waals surface area contributed by atoms with Crippen molar-refractivity contribution >= 4 is 11.8 Å². The molecule has 0 aliphatic heterocycles. The van der Waals surface area contributed by atoms with Gasteiger partial charge in [0.15, 0.2) is 0 Å². The summed E-state index contributed by atoms with van der Waals surface area (Å²) in [4.78, 5) is 8.93. The van der Waals surface area contributed by atoms with E-state index in [1.165, 1.54) is 11.8 Å². The third-order valence-electron chi connectivity index (χ3n) is 3.41. The van der Waals surface area contributed by atoms with Crippen LogP contribution in [0.2, 0.25) is 0 Å². The molecule has 0 saturated carbocycles. The molecule has 128 valence electrons. The van der Waals surface area contributed by atoms with Crippen LogP contribution in [0.5, 0.6) is 0 Å². The number of nitriles is 2. The summed E-state index contributed by atoms with van der Waals surface area (Å²) in [7, 11) is 3.16. The van der Waals surface area contributed by atoms with Crippen molar-refractivity contribution in [1.82, 2.24) is 9.97 Å². The number of ether oxygens (including phenoxy) is 2. The summed E-state index contributed by atoms with van der Waals surface area (Å²) in [5, 5.41) is 20.1. The number of pyridine rings is 2. The van der Waals surface area contributed by atoms with Crippen LogP contribution in [0, 0.1) is 36.5 Å². The zero-order valence-corrected chi connectivity index (χ0v) is 15.4. The van der Waals surface area contributed by atoms with Gasteiger partial charge in [0.2, 0.25) is 0 Å². The second-order valence-corrected chi connectivity index (χ2v) is 6.38. The minimum absolute atomic E-state index is 0.321. The van der Waals surface area contributed by atoms with E-state index >= 15 is 0 Å². The van der Waals surface area contributed by atoms with E-state index < -0.39 is 0 Å². The van der Waals surface area contributed by atoms with Gasteiger partial charge in [-0.25, -0.2) is 9.97 Å². The highest BCUT2D eigenvalue weighted by Crippen LogP contribution is 2.33. The first kappa shape index (κ1) is 18.9. The molecule has 0 aliphatic rings. The summed E-state index contributed by atoms with van der Waals surface area (Å²) >= 11 is 1.22. The standard InChI is InChI=1S/C18H18N4O2S/c1-11-5-13(9-23-3)15(7-19)17(21-11)25-18-16(8-20)14(10-24-4)6-12(2)22-18/h5-6H,9-10H2,1-4H3. The van der Waals surface area contributed by atoms with Gasteiger partial charge in [-0.15, -0.1) is 0 Å². The van der Waals surface area contributed by atoms with Crippen molar-refractivity contribution in [2.75, 3.05) is 14.2 Å². The van der Waals surface area contributed by atoms with Gasteiger partial charge in [0.25, 0.3) is 0 Å². The third-order valence-corrected chi connectivity index (χ3v) is 4.39. The molecule has 0 saturated heterocycles. The first-order valence-electron chi connectivity index (χ1n) is 7.51. The smallest absolute Gasteiger partial charge is 0.121 e. The molecule has 0 N–H and O–H groups in total. The van der Waals surface area contributed by atoms with E-state index in [0.717, 1.165) is 22.5 Å². The van der Waals surface area contributed by atoms with Crippen molar-refractivity contribution in [3.05, 3.63) is 45.8 Å². The Bertz CT molecular complexity index is 797. The number of nitrogens with zero attached hydrogens (tertiary/aromatic N) is 4. The van der Waals surface area contributed by atoms with Crippen LogP contribution >= 0.6 is 11.8 Å². The summed E-state index contributed by atoms with van der Waals surface area (Å²) in [5.74, 6) is 0. The molecule has 0 unspecified atom stereocenters. The highest BCUT2D eigenvalue weighted by atomic mass is 32.2. The molecule has 0 radical (unpaired) electrons. The Kier molecular flexibility index (Phi) is 6.49. The molecule has 0 spiro atoms. The quantitative estimate of drug-likeness (QED) is 0.786. The Morgan fingerprint density at radius 3 is 1.60 bits per heavy atom. The Morgan fingerprint density at radius 2 is 1.28 bits per heavy atom. The SMILES string of the molecule is COCc1cc(C)nc(Sc2nc(C)cc(COC)c2C#N)c1C#N. The maximum Gasteiger partial charge on any atom is 0.121 e. The van der Waals surface area contributed by atoms with E-state index in [0.29, 0.717) is 34.4 Å². The Hall–Kier alpha value is -2.45. The van der Waals surface area contributed by atoms with E-state index in [2.05, 4.69) is 22.1 Å². The van der Waals surface area contributed by atoms with Crippen molar-refractivity contribution < 1.29 is 9.47 Å². The van der Waals surface area contributed by atoms with Crippen LogP contribution in [0.3, 0.4) is 0 Å². The summed E-state index contributed by atoms with van der Waals surface area (Å²) < 4.78 is 10.3. The zero-order chi connectivity index (χ0) is 18.4. The molecule has 0 aliphatic carbocycles. The van der Waals surface area contributed by atoms with Gasteiger partial charge in [-0.3, -0.25) is 0 Å². The second-order valence-electron chi connectivity index (χ2n) is 5.40. The third kappa shape index (κ3) is 4.34. The molecule has 2 heterocycles. The summed E-state index contributed by atoms with van der Waals surface area (Å²) in [5.41, 5.74) is 3.97. The van der Waals surface area contributed by atoms with Crippen LogP contribution in [-0.4, -0.2) is 24.2 Å². The van der Waals surface area contributed by atoms with Gasteiger partial charge >= 0.3 is 0 Å². The molecule has 0 aromatic carbocycles. The van der Waals surface area contributed by atoms with Gasteiger partial charge in [0, 0.05) is 36.7 Å². The largest absolute Gasteiger partial charge is 0.380 e. The van der Waals surface area contributed by atoms with Gasteiger partial charge < -0.3 is 9.47 Å². The lowest BCUT2D eigenvalue weighted by Crippen LogP contribution is -2.02. The lowest BCUT2D eigenvalue weighted by Gasteiger charge is -2.12. The minimum atomic E-state index is 0.321. The van der Waals surface area contributed by atoms with Crippen molar-refractivity contribution in [1.29, 1.82) is 10.5 Å². The van der Waals surface area contributed by atoms with E-state index in [1.807, 2.05) is 26.0 Å². The fourth-order valence-electron chi connectivity index (χ4n) is 2.44. The maximum atomic E-state index is 9.55. The van der Waals surface area contributed by atoms with Crippen molar-refractivity contribution in [3.63, 3.8) is 0 Å². The van der Waals surface area contributed by atoms with E-state index in [9.17, 15) is 10.5 Å². The van der Waals surface area contributed by atoms with Crippen molar-refractivity contribution in [2.24, 2.45) is 0 Å². The zero-order valence-electron chi connectivity index (χ0n) is 14.6. The topological polar surface area (TPSA) is 91.8 Å². The predicted molar refractivity (Wildman–Crippen MR) is 92.9 cm³/mol. The number of rotatable bonds is 6. The molecule has 6 nitrogen and oxygen atoms in total. The van der Waals surface area contributed by atoms with Crippen molar-refractivity contribution in [2.45, 2.75) is 37.1 Å². The van der Waals surface area contributed by atoms with Gasteiger partial charge in [0.05, 0.1) is 24.3 Å². The average molecular weight is 354 g/mol. The van der Waals surface area contributed by atoms with Crippen molar-refractivity contribution in [3.8, 4) is 12.1 Å². The number of aryl methyl sites for hydroxylation is 2. The molecule has 2 aromatic rings. The average Bonchev–Trinajstić information content (AvgIpc) is 2.55. The van der Waals surface area contributed by atoms with Gasteiger partial charge in [0.1, 0.15) is 22.2 Å². The first-order valence-corrected chi connectivity index (χ1v) is 8.32. The number of hydrogen-bond donors (Lipinski definition) is 0.